The topological polar surface area (TPSA) is 72.0 Å². The van der Waals surface area contributed by atoms with Crippen molar-refractivity contribution in [3.05, 3.63) is 23.8 Å². The molecule has 1 saturated heterocycles. The number of nitrogens with one attached hydrogen (secondary N) is 2. The van der Waals surface area contributed by atoms with Crippen LogP contribution in [0.2, 0.25) is 0 Å². The first-order valence-corrected chi connectivity index (χ1v) is 6.80. The minimum atomic E-state index is -0.951. The highest BCUT2D eigenvalue weighted by molar-refractivity contribution is 6.09. The Balaban J connectivity index is 2.47. The number of benzene rings is 1. The van der Waals surface area contributed by atoms with Gasteiger partial charge in [-0.15, -0.1) is 0 Å². The molecule has 1 fully saturated rings. The van der Waals surface area contributed by atoms with Gasteiger partial charge in [0, 0.05) is 11.6 Å². The van der Waals surface area contributed by atoms with Gasteiger partial charge in [-0.1, -0.05) is 0 Å². The number of methoxy groups -OCH3 is 2. The third-order valence-corrected chi connectivity index (χ3v) is 3.39. The lowest BCUT2D eigenvalue weighted by molar-refractivity contribution is -0.123. The predicted octanol–water partition coefficient (Wildman–Crippen LogP) is 1.40. The number of aliphatic imine (C=N–C) groups is 1. The van der Waals surface area contributed by atoms with Gasteiger partial charge in [-0.3, -0.25) is 15.1 Å². The lowest BCUT2D eigenvalue weighted by Gasteiger charge is -2.24. The summed E-state index contributed by atoms with van der Waals surface area (Å²) in [4.78, 5) is 16.8. The molecule has 114 valence electrons. The molecule has 1 aromatic rings. The van der Waals surface area contributed by atoms with Crippen LogP contribution in [0, 0.1) is 0 Å². The number of ether oxygens (including phenoxy) is 2. The van der Waals surface area contributed by atoms with Crippen LogP contribution in [-0.2, 0) is 10.3 Å². The second-order valence-electron chi connectivity index (χ2n) is 5.34. The van der Waals surface area contributed by atoms with Crippen molar-refractivity contribution in [3.63, 3.8) is 0 Å². The molecular weight excluding hydrogens is 270 g/mol. The van der Waals surface area contributed by atoms with Gasteiger partial charge >= 0.3 is 0 Å². The van der Waals surface area contributed by atoms with Crippen LogP contribution in [0.4, 0.5) is 0 Å². The van der Waals surface area contributed by atoms with E-state index in [-0.39, 0.29) is 11.9 Å². The Morgan fingerprint density at radius 3 is 2.52 bits per heavy atom. The number of carbonyl (C=O) groups is 1. The Bertz CT molecular complexity index is 584. The number of rotatable bonds is 4. The zero-order valence-corrected chi connectivity index (χ0v) is 13.0. The molecule has 21 heavy (non-hydrogen) atoms. The first kappa shape index (κ1) is 15.2. The molecule has 2 rings (SSSR count). The third-order valence-electron chi connectivity index (χ3n) is 3.39. The first-order valence-electron chi connectivity index (χ1n) is 6.80. The van der Waals surface area contributed by atoms with Crippen LogP contribution in [0.25, 0.3) is 0 Å². The van der Waals surface area contributed by atoms with Gasteiger partial charge in [0.2, 0.25) is 0 Å². The van der Waals surface area contributed by atoms with Crippen molar-refractivity contribution in [1.29, 1.82) is 0 Å². The fraction of sp³-hybridized carbons (Fsp3) is 0.467. The molecule has 1 aromatic carbocycles. The summed E-state index contributed by atoms with van der Waals surface area (Å²) >= 11 is 0. The Labute approximate surface area is 124 Å². The summed E-state index contributed by atoms with van der Waals surface area (Å²) in [5, 5.41) is 5.91. The summed E-state index contributed by atoms with van der Waals surface area (Å²) in [5.41, 5.74) is -0.246. The molecule has 2 N–H and O–H groups in total. The van der Waals surface area contributed by atoms with Crippen LogP contribution in [0.5, 0.6) is 11.5 Å². The van der Waals surface area contributed by atoms with E-state index >= 15 is 0 Å². The Hall–Kier alpha value is -2.24. The molecular formula is C15H21N3O3. The van der Waals surface area contributed by atoms with Crippen molar-refractivity contribution in [2.75, 3.05) is 14.2 Å². The smallest absolute Gasteiger partial charge is 0.256 e. The number of amides is 1. The van der Waals surface area contributed by atoms with E-state index in [9.17, 15) is 4.79 Å². The molecule has 1 amide bonds. The van der Waals surface area contributed by atoms with Crippen LogP contribution in [0.15, 0.2) is 23.2 Å². The Kier molecular flexibility index (Phi) is 4.06. The summed E-state index contributed by atoms with van der Waals surface area (Å²) in [6, 6.07) is 5.46. The molecule has 6 heteroatoms. The zero-order valence-electron chi connectivity index (χ0n) is 13.0. The fourth-order valence-electron chi connectivity index (χ4n) is 2.27. The summed E-state index contributed by atoms with van der Waals surface area (Å²) < 4.78 is 10.6. The zero-order chi connectivity index (χ0) is 15.6. The average molecular weight is 291 g/mol. The van der Waals surface area contributed by atoms with Crippen molar-refractivity contribution < 1.29 is 14.3 Å². The van der Waals surface area contributed by atoms with Gasteiger partial charge in [-0.25, -0.2) is 0 Å². The van der Waals surface area contributed by atoms with Gasteiger partial charge in [-0.2, -0.15) is 0 Å². The maximum absolute atomic E-state index is 12.4. The number of carbonyl (C=O) groups excluding carboxylic acids is 1. The highest BCUT2D eigenvalue weighted by Gasteiger charge is 2.44. The molecule has 1 aliphatic rings. The van der Waals surface area contributed by atoms with Crippen LogP contribution in [0.1, 0.15) is 26.3 Å². The van der Waals surface area contributed by atoms with E-state index < -0.39 is 5.54 Å². The van der Waals surface area contributed by atoms with Crippen LogP contribution >= 0.6 is 0 Å². The van der Waals surface area contributed by atoms with E-state index in [2.05, 4.69) is 15.6 Å². The van der Waals surface area contributed by atoms with E-state index in [1.807, 2.05) is 13.8 Å². The van der Waals surface area contributed by atoms with E-state index in [0.29, 0.717) is 23.0 Å². The Morgan fingerprint density at radius 1 is 1.24 bits per heavy atom. The second-order valence-corrected chi connectivity index (χ2v) is 5.34. The molecule has 1 heterocycles. The Morgan fingerprint density at radius 2 is 1.95 bits per heavy atom. The highest BCUT2D eigenvalue weighted by atomic mass is 16.5. The van der Waals surface area contributed by atoms with Crippen molar-refractivity contribution >= 4 is 11.9 Å². The van der Waals surface area contributed by atoms with Gasteiger partial charge in [0.1, 0.15) is 17.0 Å². The largest absolute Gasteiger partial charge is 0.497 e. The minimum Gasteiger partial charge on any atom is -0.497 e. The third kappa shape index (κ3) is 2.79. The summed E-state index contributed by atoms with van der Waals surface area (Å²) in [6.45, 7) is 5.69. The van der Waals surface area contributed by atoms with E-state index in [1.165, 1.54) is 0 Å². The van der Waals surface area contributed by atoms with E-state index in [1.54, 1.807) is 39.3 Å². The molecule has 0 aromatic heterocycles. The molecule has 0 bridgehead atoms. The number of nitrogens with zero attached hydrogens (tertiary/aromatic N) is 1. The standard InChI is InChI=1S/C15H21N3O3/c1-9(2)16-14-17-13(19)15(3,18-14)11-8-10(20-4)6-7-12(11)21-5/h6-9H,1-5H3,(H2,16,17,18,19). The fourth-order valence-corrected chi connectivity index (χ4v) is 2.27. The van der Waals surface area contributed by atoms with Gasteiger partial charge in [0.05, 0.1) is 14.2 Å². The normalized spacial score (nSPS) is 23.1. The van der Waals surface area contributed by atoms with Gasteiger partial charge in [0.15, 0.2) is 5.96 Å². The van der Waals surface area contributed by atoms with Crippen molar-refractivity contribution in [2.24, 2.45) is 4.99 Å². The quantitative estimate of drug-likeness (QED) is 0.879. The molecule has 0 saturated carbocycles. The summed E-state index contributed by atoms with van der Waals surface area (Å²) in [6.07, 6.45) is 0. The summed E-state index contributed by atoms with van der Waals surface area (Å²) in [7, 11) is 3.16. The van der Waals surface area contributed by atoms with E-state index in [0.717, 1.165) is 0 Å². The summed E-state index contributed by atoms with van der Waals surface area (Å²) in [5.74, 6) is 1.58. The maximum atomic E-state index is 12.4. The minimum absolute atomic E-state index is 0.0855. The first-order chi connectivity index (χ1) is 9.90. The van der Waals surface area contributed by atoms with E-state index in [4.69, 9.17) is 9.47 Å². The molecule has 0 spiro atoms. The van der Waals surface area contributed by atoms with Crippen molar-refractivity contribution in [1.82, 2.24) is 10.6 Å². The molecule has 1 aliphatic heterocycles. The maximum Gasteiger partial charge on any atom is 0.256 e. The van der Waals surface area contributed by atoms with Gasteiger partial charge in [-0.05, 0) is 39.0 Å². The monoisotopic (exact) mass is 291 g/mol. The second kappa shape index (κ2) is 5.63. The van der Waals surface area contributed by atoms with Crippen LogP contribution in [-0.4, -0.2) is 32.1 Å². The SMILES string of the molecule is COc1ccc(OC)c(C2(C)NC(=NC(C)C)NC2=O)c1. The van der Waals surface area contributed by atoms with Gasteiger partial charge < -0.3 is 14.8 Å². The number of guanidine groups is 1. The van der Waals surface area contributed by atoms with Crippen LogP contribution in [0.3, 0.4) is 0 Å². The van der Waals surface area contributed by atoms with Crippen molar-refractivity contribution in [3.8, 4) is 11.5 Å². The highest BCUT2D eigenvalue weighted by Crippen LogP contribution is 2.35. The number of hydrogen-bond donors (Lipinski definition) is 2. The molecule has 0 radical (unpaired) electrons. The molecule has 6 nitrogen and oxygen atoms in total. The van der Waals surface area contributed by atoms with Crippen LogP contribution < -0.4 is 20.1 Å². The lowest BCUT2D eigenvalue weighted by atomic mass is 9.91. The lowest BCUT2D eigenvalue weighted by Crippen LogP contribution is -2.41. The molecule has 1 atom stereocenters. The number of hydrogen-bond acceptors (Lipinski definition) is 4. The van der Waals surface area contributed by atoms with Crippen molar-refractivity contribution in [2.45, 2.75) is 32.4 Å². The molecule has 0 aliphatic carbocycles. The predicted molar refractivity (Wildman–Crippen MR) is 80.7 cm³/mol. The average Bonchev–Trinajstić information content (AvgIpc) is 2.72. The van der Waals surface area contributed by atoms with Gasteiger partial charge in [0.25, 0.3) is 5.91 Å². The molecule has 1 unspecified atom stereocenters.